The van der Waals surface area contributed by atoms with Gasteiger partial charge < -0.3 is 9.84 Å². The van der Waals surface area contributed by atoms with Gasteiger partial charge in [0.1, 0.15) is 6.10 Å². The van der Waals surface area contributed by atoms with E-state index in [2.05, 4.69) is 19.9 Å². The fourth-order valence-corrected chi connectivity index (χ4v) is 7.80. The molecule has 4 rings (SSSR count). The van der Waals surface area contributed by atoms with E-state index in [1.165, 1.54) is 39.0 Å². The summed E-state index contributed by atoms with van der Waals surface area (Å²) in [5.41, 5.74) is 2.18. The highest BCUT2D eigenvalue weighted by Crippen LogP contribution is 2.66. The molecule has 0 aromatic rings. The van der Waals surface area contributed by atoms with Crippen LogP contribution in [0.15, 0.2) is 11.6 Å². The second-order valence-corrected chi connectivity index (χ2v) is 10.2. The molecule has 0 aromatic heterocycles. The van der Waals surface area contributed by atoms with Gasteiger partial charge in [0.25, 0.3) is 0 Å². The Hall–Kier alpha value is -0.830. The minimum absolute atomic E-state index is 0.0864. The molecule has 1 N–H and O–H groups in total. The molecule has 4 aliphatic rings. The van der Waals surface area contributed by atoms with E-state index in [0.29, 0.717) is 16.7 Å². The average molecular weight is 361 g/mol. The minimum atomic E-state index is -0.175. The van der Waals surface area contributed by atoms with Crippen molar-refractivity contribution in [1.82, 2.24) is 0 Å². The zero-order valence-corrected chi connectivity index (χ0v) is 17.0. The van der Waals surface area contributed by atoms with Gasteiger partial charge in [-0.1, -0.05) is 25.5 Å². The lowest BCUT2D eigenvalue weighted by atomic mass is 9.47. The zero-order valence-electron chi connectivity index (χ0n) is 17.0. The summed E-state index contributed by atoms with van der Waals surface area (Å²) in [5.74, 6) is 2.65. The Morgan fingerprint density at radius 1 is 1.19 bits per heavy atom. The summed E-state index contributed by atoms with van der Waals surface area (Å²) in [6.45, 7) is 8.49. The predicted molar refractivity (Wildman–Crippen MR) is 102 cm³/mol. The van der Waals surface area contributed by atoms with Crippen LogP contribution in [0.3, 0.4) is 0 Å². The zero-order chi connectivity index (χ0) is 18.7. The molecule has 3 nitrogen and oxygen atoms in total. The summed E-state index contributed by atoms with van der Waals surface area (Å²) >= 11 is 0. The average Bonchev–Trinajstić information content (AvgIpc) is 2.92. The Balaban J connectivity index is 1.58. The number of aliphatic hydroxyl groups is 1. The highest BCUT2D eigenvalue weighted by molar-refractivity contribution is 5.66. The summed E-state index contributed by atoms with van der Waals surface area (Å²) in [6.07, 6.45) is 11.8. The van der Waals surface area contributed by atoms with Crippen molar-refractivity contribution in [3.8, 4) is 0 Å². The largest absolute Gasteiger partial charge is 0.462 e. The molecule has 26 heavy (non-hydrogen) atoms. The number of hydrogen-bond donors (Lipinski definition) is 1. The number of esters is 1. The molecule has 0 bridgehead atoms. The first-order valence-corrected chi connectivity index (χ1v) is 10.8. The first kappa shape index (κ1) is 18.5. The van der Waals surface area contributed by atoms with Crippen molar-refractivity contribution in [2.24, 2.45) is 34.5 Å². The second-order valence-electron chi connectivity index (χ2n) is 10.2. The molecule has 3 unspecified atom stereocenters. The Kier molecular flexibility index (Phi) is 4.53. The first-order chi connectivity index (χ1) is 12.3. The number of carbonyl (C=O) groups excluding carboxylic acids is 1. The van der Waals surface area contributed by atoms with Gasteiger partial charge in [0.15, 0.2) is 0 Å². The van der Waals surface area contributed by atoms with Gasteiger partial charge in [0.05, 0.1) is 6.10 Å². The van der Waals surface area contributed by atoms with Crippen LogP contribution in [0.1, 0.15) is 79.1 Å². The predicted octanol–water partition coefficient (Wildman–Crippen LogP) is 4.88. The quantitative estimate of drug-likeness (QED) is 0.564. The fourth-order valence-electron chi connectivity index (χ4n) is 7.80. The van der Waals surface area contributed by atoms with Crippen molar-refractivity contribution in [3.63, 3.8) is 0 Å². The van der Waals surface area contributed by atoms with Crippen molar-refractivity contribution < 1.29 is 14.6 Å². The summed E-state index contributed by atoms with van der Waals surface area (Å²) < 4.78 is 5.54. The van der Waals surface area contributed by atoms with Gasteiger partial charge in [-0.05, 0) is 86.4 Å². The van der Waals surface area contributed by atoms with E-state index in [1.54, 1.807) is 5.57 Å². The van der Waals surface area contributed by atoms with Gasteiger partial charge in [0.2, 0.25) is 0 Å². The molecule has 0 amide bonds. The van der Waals surface area contributed by atoms with E-state index in [9.17, 15) is 9.90 Å². The highest BCUT2D eigenvalue weighted by atomic mass is 16.5. The molecular formula is C23H36O3. The number of aliphatic hydroxyl groups excluding tert-OH is 1. The summed E-state index contributed by atoms with van der Waals surface area (Å²) in [4.78, 5) is 11.4. The number of ether oxygens (including phenoxy) is 1. The molecule has 3 saturated carbocycles. The molecule has 0 heterocycles. The molecule has 8 atom stereocenters. The number of hydrogen-bond acceptors (Lipinski definition) is 3. The maximum absolute atomic E-state index is 11.4. The van der Waals surface area contributed by atoms with Gasteiger partial charge in [0, 0.05) is 13.3 Å². The van der Waals surface area contributed by atoms with Crippen LogP contribution in [-0.2, 0) is 9.53 Å². The maximum Gasteiger partial charge on any atom is 0.302 e. The third-order valence-corrected chi connectivity index (χ3v) is 9.05. The monoisotopic (exact) mass is 360 g/mol. The van der Waals surface area contributed by atoms with Crippen molar-refractivity contribution in [2.75, 3.05) is 0 Å². The van der Waals surface area contributed by atoms with E-state index in [-0.39, 0.29) is 18.2 Å². The molecule has 0 saturated heterocycles. The first-order valence-electron chi connectivity index (χ1n) is 10.8. The molecule has 4 aliphatic carbocycles. The van der Waals surface area contributed by atoms with E-state index >= 15 is 0 Å². The summed E-state index contributed by atoms with van der Waals surface area (Å²) in [6, 6.07) is 0. The van der Waals surface area contributed by atoms with Crippen LogP contribution in [0.2, 0.25) is 0 Å². The number of fused-ring (bicyclic) bond motifs is 5. The van der Waals surface area contributed by atoms with E-state index in [1.807, 2.05) is 6.92 Å². The molecule has 0 aliphatic heterocycles. The minimum Gasteiger partial charge on any atom is -0.462 e. The van der Waals surface area contributed by atoms with Crippen molar-refractivity contribution in [3.05, 3.63) is 11.6 Å². The smallest absolute Gasteiger partial charge is 0.302 e. The normalized spacial score (nSPS) is 48.7. The summed E-state index contributed by atoms with van der Waals surface area (Å²) in [5, 5.41) is 10.3. The molecule has 0 aromatic carbocycles. The lowest BCUT2D eigenvalue weighted by molar-refractivity contribution is -0.148. The van der Waals surface area contributed by atoms with Gasteiger partial charge in [-0.25, -0.2) is 0 Å². The van der Waals surface area contributed by atoms with E-state index in [4.69, 9.17) is 4.74 Å². The molecule has 0 spiro atoms. The number of carbonyl (C=O) groups is 1. The lowest BCUT2D eigenvalue weighted by Gasteiger charge is -2.58. The Labute approximate surface area is 158 Å². The van der Waals surface area contributed by atoms with Gasteiger partial charge in [-0.3, -0.25) is 4.79 Å². The standard InChI is InChI=1S/C23H36O3/c1-14(24)19-7-8-20-18-6-5-16-13-17(26-15(2)25)9-11-22(16,3)21(18)10-12-23(19,20)4/h5,14,17-21,24H,6-13H2,1-4H3/t14-,17-,18?,19+,20?,21?,22-,23+/m0/s1. The van der Waals surface area contributed by atoms with Crippen LogP contribution in [0.4, 0.5) is 0 Å². The van der Waals surface area contributed by atoms with Crippen LogP contribution in [0.5, 0.6) is 0 Å². The Morgan fingerprint density at radius 2 is 1.96 bits per heavy atom. The molecule has 3 heteroatoms. The molecule has 146 valence electrons. The van der Waals surface area contributed by atoms with E-state index in [0.717, 1.165) is 37.0 Å². The topological polar surface area (TPSA) is 46.5 Å². The van der Waals surface area contributed by atoms with Crippen LogP contribution < -0.4 is 0 Å². The molecule has 3 fully saturated rings. The van der Waals surface area contributed by atoms with Crippen LogP contribution in [0, 0.1) is 34.5 Å². The third-order valence-electron chi connectivity index (χ3n) is 9.05. The van der Waals surface area contributed by atoms with Crippen LogP contribution in [0.25, 0.3) is 0 Å². The van der Waals surface area contributed by atoms with Crippen LogP contribution >= 0.6 is 0 Å². The van der Waals surface area contributed by atoms with Crippen molar-refractivity contribution >= 4 is 5.97 Å². The third kappa shape index (κ3) is 2.68. The van der Waals surface area contributed by atoms with Gasteiger partial charge in [-0.15, -0.1) is 0 Å². The fraction of sp³-hybridized carbons (Fsp3) is 0.870. The van der Waals surface area contributed by atoms with E-state index < -0.39 is 0 Å². The lowest BCUT2D eigenvalue weighted by Crippen LogP contribution is -2.51. The number of allylic oxidation sites excluding steroid dienone is 1. The van der Waals surface area contributed by atoms with Gasteiger partial charge in [-0.2, -0.15) is 0 Å². The Morgan fingerprint density at radius 3 is 2.65 bits per heavy atom. The second kappa shape index (κ2) is 6.36. The maximum atomic E-state index is 11.4. The number of rotatable bonds is 2. The summed E-state index contributed by atoms with van der Waals surface area (Å²) in [7, 11) is 0. The SMILES string of the molecule is CC(=O)O[C@H]1CC[C@@]2(C)C(=CCC3C2CC[C@@]2(C)C3CC[C@@H]2[C@H](C)O)C1. The van der Waals surface area contributed by atoms with Crippen LogP contribution in [-0.4, -0.2) is 23.3 Å². The molecule has 0 radical (unpaired) electrons. The molecular weight excluding hydrogens is 324 g/mol. The van der Waals surface area contributed by atoms with Crippen molar-refractivity contribution in [2.45, 2.75) is 91.3 Å². The Bertz CT molecular complexity index is 609. The van der Waals surface area contributed by atoms with Gasteiger partial charge >= 0.3 is 5.97 Å². The highest BCUT2D eigenvalue weighted by Gasteiger charge is 2.59. The van der Waals surface area contributed by atoms with Crippen molar-refractivity contribution in [1.29, 1.82) is 0 Å².